The molecule has 0 radical (unpaired) electrons. The van der Waals surface area contributed by atoms with Crippen LogP contribution in [-0.2, 0) is 4.74 Å². The number of ether oxygens (including phenoxy) is 2. The minimum absolute atomic E-state index is 0.0282. The van der Waals surface area contributed by atoms with Crippen molar-refractivity contribution in [3.05, 3.63) is 22.4 Å². The molecule has 0 amide bonds. The number of likely N-dealkylation sites (N-methyl/N-ethyl adjacent to an activating group) is 1. The third-order valence-electron chi connectivity index (χ3n) is 6.76. The summed E-state index contributed by atoms with van der Waals surface area (Å²) in [5, 5.41) is 11.2. The number of piperidine rings is 1. The molecule has 3 atom stereocenters. The summed E-state index contributed by atoms with van der Waals surface area (Å²) in [6, 6.07) is 3.59. The van der Waals surface area contributed by atoms with Crippen LogP contribution in [0.5, 0.6) is 6.01 Å². The smallest absolute Gasteiger partial charge is 0.319 e. The molecule has 4 rings (SSSR count). The molecule has 7 nitrogen and oxygen atoms in total. The van der Waals surface area contributed by atoms with Gasteiger partial charge in [0.05, 0.1) is 21.7 Å². The van der Waals surface area contributed by atoms with E-state index in [0.717, 1.165) is 32.4 Å². The maximum atomic E-state index is 15.0. The van der Waals surface area contributed by atoms with Crippen LogP contribution in [0.3, 0.4) is 0 Å². The summed E-state index contributed by atoms with van der Waals surface area (Å²) in [4.78, 5) is 13.3. The van der Waals surface area contributed by atoms with Crippen molar-refractivity contribution in [2.75, 3.05) is 45.3 Å². The van der Waals surface area contributed by atoms with Crippen LogP contribution in [0.15, 0.2) is 16.6 Å². The van der Waals surface area contributed by atoms with Gasteiger partial charge in [-0.05, 0) is 68.2 Å². The van der Waals surface area contributed by atoms with E-state index in [1.165, 1.54) is 0 Å². The summed E-state index contributed by atoms with van der Waals surface area (Å²) in [6.45, 7) is 6.29. The normalized spacial score (nSPS) is 29.6. The van der Waals surface area contributed by atoms with E-state index in [2.05, 4.69) is 37.7 Å². The quantitative estimate of drug-likeness (QED) is 0.680. The number of anilines is 1. The molecule has 2 aliphatic heterocycles. The van der Waals surface area contributed by atoms with Gasteiger partial charge in [-0.15, -0.1) is 0 Å². The molecule has 2 saturated heterocycles. The minimum Gasteiger partial charge on any atom is -0.461 e. The predicted molar refractivity (Wildman–Crippen MR) is 121 cm³/mol. The Bertz CT molecular complexity index is 975. The summed E-state index contributed by atoms with van der Waals surface area (Å²) >= 11 is 3.25. The molecule has 3 heterocycles. The van der Waals surface area contributed by atoms with Crippen LogP contribution in [0.4, 0.5) is 10.2 Å². The molecular weight excluding hydrogens is 467 g/mol. The first kappa shape index (κ1) is 22.6. The molecule has 2 fully saturated rings. The van der Waals surface area contributed by atoms with Crippen LogP contribution in [0.2, 0.25) is 0 Å². The van der Waals surface area contributed by atoms with Crippen molar-refractivity contribution in [1.82, 2.24) is 14.9 Å². The second-order valence-corrected chi connectivity index (χ2v) is 10.0. The van der Waals surface area contributed by atoms with Crippen molar-refractivity contribution in [2.45, 2.75) is 50.4 Å². The summed E-state index contributed by atoms with van der Waals surface area (Å²) < 4.78 is 27.1. The van der Waals surface area contributed by atoms with Gasteiger partial charge in [-0.1, -0.05) is 0 Å². The van der Waals surface area contributed by atoms with E-state index in [-0.39, 0.29) is 23.2 Å². The second kappa shape index (κ2) is 8.42. The predicted octanol–water partition coefficient (Wildman–Crippen LogP) is 3.37. The fourth-order valence-corrected chi connectivity index (χ4v) is 5.04. The highest BCUT2D eigenvalue weighted by molar-refractivity contribution is 9.10. The molecule has 0 aliphatic carbocycles. The molecular formula is C22H30BrFN4O3. The van der Waals surface area contributed by atoms with Gasteiger partial charge < -0.3 is 19.5 Å². The highest BCUT2D eigenvalue weighted by Crippen LogP contribution is 2.35. The molecule has 1 aromatic carbocycles. The Morgan fingerprint density at radius 1 is 1.29 bits per heavy atom. The van der Waals surface area contributed by atoms with Crippen molar-refractivity contribution in [3.63, 3.8) is 0 Å². The zero-order valence-electron chi connectivity index (χ0n) is 18.5. The van der Waals surface area contributed by atoms with E-state index in [1.54, 1.807) is 19.2 Å². The Labute approximate surface area is 190 Å². The summed E-state index contributed by atoms with van der Waals surface area (Å²) in [5.74, 6) is 0.133. The third kappa shape index (κ3) is 4.25. The monoisotopic (exact) mass is 496 g/mol. The highest BCUT2D eigenvalue weighted by Gasteiger charge is 2.44. The number of nitrogens with zero attached hydrogens (tertiary/aromatic N) is 4. The lowest BCUT2D eigenvalue weighted by molar-refractivity contribution is -0.0111. The topological polar surface area (TPSA) is 71.0 Å². The lowest BCUT2D eigenvalue weighted by Gasteiger charge is -2.38. The molecule has 31 heavy (non-hydrogen) atoms. The molecule has 2 aromatic rings. The number of aliphatic hydroxyl groups is 1. The Morgan fingerprint density at radius 2 is 2.06 bits per heavy atom. The Kier molecular flexibility index (Phi) is 6.15. The van der Waals surface area contributed by atoms with Gasteiger partial charge in [0.15, 0.2) is 5.82 Å². The van der Waals surface area contributed by atoms with Crippen LogP contribution in [0, 0.1) is 5.82 Å². The van der Waals surface area contributed by atoms with Crippen molar-refractivity contribution in [1.29, 1.82) is 0 Å². The molecule has 170 valence electrons. The fourth-order valence-electron chi connectivity index (χ4n) is 4.72. The van der Waals surface area contributed by atoms with Crippen LogP contribution in [0.25, 0.3) is 10.9 Å². The Hall–Kier alpha value is -1.55. The van der Waals surface area contributed by atoms with Crippen LogP contribution in [-0.4, -0.2) is 77.6 Å². The zero-order valence-corrected chi connectivity index (χ0v) is 20.1. The summed E-state index contributed by atoms with van der Waals surface area (Å²) in [7, 11) is 3.75. The van der Waals surface area contributed by atoms with E-state index in [9.17, 15) is 9.50 Å². The molecule has 3 unspecified atom stereocenters. The second-order valence-electron chi connectivity index (χ2n) is 9.19. The fraction of sp³-hybridized carbons (Fsp3) is 0.636. The van der Waals surface area contributed by atoms with Gasteiger partial charge in [0.1, 0.15) is 17.9 Å². The zero-order chi connectivity index (χ0) is 22.4. The minimum atomic E-state index is -0.823. The number of β-amino-alcohol motifs (C(OH)–C–C–N with tert-alkyl or cyclic N) is 1. The number of rotatable bonds is 5. The lowest BCUT2D eigenvalue weighted by Crippen LogP contribution is -2.51. The number of benzene rings is 1. The van der Waals surface area contributed by atoms with Gasteiger partial charge in [0.2, 0.25) is 0 Å². The van der Waals surface area contributed by atoms with E-state index in [1.807, 2.05) is 18.9 Å². The van der Waals surface area contributed by atoms with Crippen molar-refractivity contribution in [2.24, 2.45) is 0 Å². The maximum absolute atomic E-state index is 15.0. The van der Waals surface area contributed by atoms with Gasteiger partial charge in [-0.3, -0.25) is 4.90 Å². The largest absolute Gasteiger partial charge is 0.461 e. The van der Waals surface area contributed by atoms with Crippen molar-refractivity contribution < 1.29 is 19.0 Å². The lowest BCUT2D eigenvalue weighted by atomic mass is 9.95. The maximum Gasteiger partial charge on any atom is 0.319 e. The number of halogens is 2. The summed E-state index contributed by atoms with van der Waals surface area (Å²) in [6.07, 6.45) is 2.49. The van der Waals surface area contributed by atoms with Gasteiger partial charge in [0.25, 0.3) is 0 Å². The highest BCUT2D eigenvalue weighted by atomic mass is 79.9. The van der Waals surface area contributed by atoms with Crippen LogP contribution >= 0.6 is 15.9 Å². The van der Waals surface area contributed by atoms with Crippen molar-refractivity contribution in [3.8, 4) is 6.01 Å². The van der Waals surface area contributed by atoms with E-state index >= 15 is 0 Å². The molecule has 0 saturated carbocycles. The number of hydrogen-bond donors (Lipinski definition) is 1. The number of hydrogen-bond acceptors (Lipinski definition) is 7. The van der Waals surface area contributed by atoms with E-state index < -0.39 is 11.4 Å². The molecule has 1 aromatic heterocycles. The number of aromatic nitrogens is 2. The first-order valence-electron chi connectivity index (χ1n) is 10.6. The van der Waals surface area contributed by atoms with E-state index in [4.69, 9.17) is 9.47 Å². The third-order valence-corrected chi connectivity index (χ3v) is 7.38. The SMILES string of the molecule is COC1CCN(C)C1(C)COc1nc(N2CCCC(C)(O)C2)c2ccc(Br)c(F)c2n1. The Morgan fingerprint density at radius 3 is 2.77 bits per heavy atom. The van der Waals surface area contributed by atoms with Crippen molar-refractivity contribution >= 4 is 32.7 Å². The van der Waals surface area contributed by atoms with Gasteiger partial charge in [-0.2, -0.15) is 9.97 Å². The Balaban J connectivity index is 1.72. The van der Waals surface area contributed by atoms with Crippen LogP contribution in [0.1, 0.15) is 33.1 Å². The van der Waals surface area contributed by atoms with Gasteiger partial charge in [-0.25, -0.2) is 4.39 Å². The van der Waals surface area contributed by atoms with Crippen LogP contribution < -0.4 is 9.64 Å². The van der Waals surface area contributed by atoms with Gasteiger partial charge in [0, 0.05) is 32.1 Å². The molecule has 0 bridgehead atoms. The standard InChI is InChI=1S/C22H30BrFN4O3/c1-21(29)9-5-10-28(12-21)19-14-6-7-15(23)17(24)18(14)25-20(26-19)31-13-22(2)16(30-4)8-11-27(22)3/h6-7,16,29H,5,8-13H2,1-4H3. The molecule has 2 aliphatic rings. The average Bonchev–Trinajstić information content (AvgIpc) is 3.02. The average molecular weight is 497 g/mol. The molecule has 1 N–H and O–H groups in total. The number of methoxy groups -OCH3 is 1. The molecule has 0 spiro atoms. The first-order valence-corrected chi connectivity index (χ1v) is 11.4. The van der Waals surface area contributed by atoms with Gasteiger partial charge >= 0.3 is 6.01 Å². The number of fused-ring (bicyclic) bond motifs is 1. The molecule has 9 heteroatoms. The number of likely N-dealkylation sites (tertiary alicyclic amines) is 1. The first-order chi connectivity index (χ1) is 14.6. The van der Waals surface area contributed by atoms with E-state index in [0.29, 0.717) is 28.8 Å². The summed E-state index contributed by atoms with van der Waals surface area (Å²) in [5.41, 5.74) is -0.957.